The van der Waals surface area contributed by atoms with Gasteiger partial charge in [-0.3, -0.25) is 4.79 Å². The molecule has 1 aliphatic carbocycles. The first-order valence-electron chi connectivity index (χ1n) is 5.60. The highest BCUT2D eigenvalue weighted by Crippen LogP contribution is 2.27. The smallest absolute Gasteiger partial charge is 0.303 e. The molecule has 1 aliphatic rings. The van der Waals surface area contributed by atoms with Crippen LogP contribution in [-0.4, -0.2) is 22.3 Å². The lowest BCUT2D eigenvalue weighted by Crippen LogP contribution is -2.20. The molecular formula is C11H20O3. The summed E-state index contributed by atoms with van der Waals surface area (Å²) < 4.78 is 0. The van der Waals surface area contributed by atoms with Gasteiger partial charge in [0.15, 0.2) is 0 Å². The molecule has 2 N–H and O–H groups in total. The van der Waals surface area contributed by atoms with E-state index in [2.05, 4.69) is 0 Å². The molecule has 1 saturated carbocycles. The van der Waals surface area contributed by atoms with Crippen LogP contribution in [-0.2, 0) is 4.79 Å². The monoisotopic (exact) mass is 200 g/mol. The van der Waals surface area contributed by atoms with Crippen LogP contribution < -0.4 is 0 Å². The van der Waals surface area contributed by atoms with Crippen molar-refractivity contribution >= 4 is 5.97 Å². The highest BCUT2D eigenvalue weighted by molar-refractivity contribution is 5.66. The van der Waals surface area contributed by atoms with Crippen LogP contribution >= 0.6 is 0 Å². The standard InChI is InChI=1S/C11H20O3/c12-10(7-8-11(13)14)9-5-3-1-2-4-6-9/h9-10,12H,1-8H2,(H,13,14). The van der Waals surface area contributed by atoms with Crippen LogP contribution in [0.2, 0.25) is 0 Å². The van der Waals surface area contributed by atoms with Crippen LogP contribution in [0.1, 0.15) is 51.4 Å². The fourth-order valence-electron chi connectivity index (χ4n) is 2.20. The Morgan fingerprint density at radius 2 is 1.79 bits per heavy atom. The second kappa shape index (κ2) is 6.02. The lowest BCUT2D eigenvalue weighted by Gasteiger charge is -2.20. The van der Waals surface area contributed by atoms with E-state index in [0.29, 0.717) is 12.3 Å². The van der Waals surface area contributed by atoms with Crippen molar-refractivity contribution in [2.75, 3.05) is 0 Å². The van der Waals surface area contributed by atoms with Crippen molar-refractivity contribution in [3.8, 4) is 0 Å². The van der Waals surface area contributed by atoms with Gasteiger partial charge in [-0.1, -0.05) is 25.7 Å². The number of hydrogen-bond acceptors (Lipinski definition) is 2. The van der Waals surface area contributed by atoms with Gasteiger partial charge in [-0.2, -0.15) is 0 Å². The van der Waals surface area contributed by atoms with Crippen molar-refractivity contribution in [3.05, 3.63) is 0 Å². The Hall–Kier alpha value is -0.570. The Kier molecular flexibility index (Phi) is 4.94. The molecule has 0 radical (unpaired) electrons. The molecule has 1 unspecified atom stereocenters. The number of aliphatic hydroxyl groups excluding tert-OH is 1. The van der Waals surface area contributed by atoms with Gasteiger partial charge in [0, 0.05) is 6.42 Å². The average Bonchev–Trinajstić information content (AvgIpc) is 2.42. The van der Waals surface area contributed by atoms with Crippen molar-refractivity contribution in [2.24, 2.45) is 5.92 Å². The predicted molar refractivity (Wildman–Crippen MR) is 54.1 cm³/mol. The highest BCUT2D eigenvalue weighted by atomic mass is 16.4. The minimum atomic E-state index is -0.808. The van der Waals surface area contributed by atoms with Crippen molar-refractivity contribution in [1.29, 1.82) is 0 Å². The summed E-state index contributed by atoms with van der Waals surface area (Å²) in [6, 6.07) is 0. The number of aliphatic hydroxyl groups is 1. The first-order valence-corrected chi connectivity index (χ1v) is 5.60. The fourth-order valence-corrected chi connectivity index (χ4v) is 2.20. The molecule has 0 aromatic rings. The Morgan fingerprint density at radius 1 is 1.21 bits per heavy atom. The lowest BCUT2D eigenvalue weighted by molar-refractivity contribution is -0.137. The summed E-state index contributed by atoms with van der Waals surface area (Å²) in [7, 11) is 0. The maximum Gasteiger partial charge on any atom is 0.303 e. The zero-order chi connectivity index (χ0) is 10.4. The molecular weight excluding hydrogens is 180 g/mol. The Morgan fingerprint density at radius 3 is 2.29 bits per heavy atom. The van der Waals surface area contributed by atoms with E-state index in [1.54, 1.807) is 0 Å². The van der Waals surface area contributed by atoms with Crippen LogP contribution in [0.3, 0.4) is 0 Å². The van der Waals surface area contributed by atoms with E-state index in [-0.39, 0.29) is 6.42 Å². The maximum atomic E-state index is 10.3. The summed E-state index contributed by atoms with van der Waals surface area (Å²) >= 11 is 0. The molecule has 0 bridgehead atoms. The summed E-state index contributed by atoms with van der Waals surface area (Å²) in [5, 5.41) is 18.3. The number of carboxylic acid groups (broad SMARTS) is 1. The third kappa shape index (κ3) is 4.09. The molecule has 82 valence electrons. The van der Waals surface area contributed by atoms with E-state index in [9.17, 15) is 9.90 Å². The lowest BCUT2D eigenvalue weighted by atomic mass is 9.91. The molecule has 14 heavy (non-hydrogen) atoms. The molecule has 3 nitrogen and oxygen atoms in total. The minimum absolute atomic E-state index is 0.0949. The molecule has 1 atom stereocenters. The predicted octanol–water partition coefficient (Wildman–Crippen LogP) is 2.18. The van der Waals surface area contributed by atoms with Crippen LogP contribution in [0.15, 0.2) is 0 Å². The van der Waals surface area contributed by atoms with E-state index in [4.69, 9.17) is 5.11 Å². The molecule has 0 aromatic carbocycles. The topological polar surface area (TPSA) is 57.5 Å². The number of carboxylic acids is 1. The molecule has 0 aromatic heterocycles. The number of carbonyl (C=O) groups is 1. The van der Waals surface area contributed by atoms with Gasteiger partial charge in [0.25, 0.3) is 0 Å². The maximum absolute atomic E-state index is 10.3. The second-order valence-corrected chi connectivity index (χ2v) is 4.25. The van der Waals surface area contributed by atoms with E-state index in [1.165, 1.54) is 25.7 Å². The van der Waals surface area contributed by atoms with Crippen LogP contribution in [0.5, 0.6) is 0 Å². The SMILES string of the molecule is O=C(O)CCC(O)C1CCCCCC1. The van der Waals surface area contributed by atoms with E-state index >= 15 is 0 Å². The highest BCUT2D eigenvalue weighted by Gasteiger charge is 2.20. The summed E-state index contributed by atoms with van der Waals surface area (Å²) in [4.78, 5) is 10.3. The van der Waals surface area contributed by atoms with Crippen molar-refractivity contribution < 1.29 is 15.0 Å². The summed E-state index contributed by atoms with van der Waals surface area (Å²) in [6.45, 7) is 0. The average molecular weight is 200 g/mol. The third-order valence-electron chi connectivity index (χ3n) is 3.10. The van der Waals surface area contributed by atoms with E-state index in [1.807, 2.05) is 0 Å². The molecule has 0 heterocycles. The van der Waals surface area contributed by atoms with Crippen LogP contribution in [0.4, 0.5) is 0 Å². The summed E-state index contributed by atoms with van der Waals surface area (Å²) in [6.07, 6.45) is 7.16. The summed E-state index contributed by atoms with van der Waals surface area (Å²) in [5.41, 5.74) is 0. The van der Waals surface area contributed by atoms with Gasteiger partial charge < -0.3 is 10.2 Å². The fraction of sp³-hybridized carbons (Fsp3) is 0.909. The first kappa shape index (κ1) is 11.5. The van der Waals surface area contributed by atoms with Crippen molar-refractivity contribution in [2.45, 2.75) is 57.5 Å². The van der Waals surface area contributed by atoms with Gasteiger partial charge in [-0.15, -0.1) is 0 Å². The van der Waals surface area contributed by atoms with Gasteiger partial charge in [0.1, 0.15) is 0 Å². The zero-order valence-corrected chi connectivity index (χ0v) is 8.61. The molecule has 1 rings (SSSR count). The molecule has 1 fully saturated rings. The second-order valence-electron chi connectivity index (χ2n) is 4.25. The van der Waals surface area contributed by atoms with Gasteiger partial charge in [0.05, 0.1) is 6.10 Å². The van der Waals surface area contributed by atoms with Gasteiger partial charge in [-0.05, 0) is 25.2 Å². The largest absolute Gasteiger partial charge is 0.481 e. The first-order chi connectivity index (χ1) is 6.70. The van der Waals surface area contributed by atoms with Gasteiger partial charge >= 0.3 is 5.97 Å². The molecule has 3 heteroatoms. The molecule has 0 amide bonds. The normalized spacial score (nSPS) is 21.5. The minimum Gasteiger partial charge on any atom is -0.481 e. The number of aliphatic carboxylic acids is 1. The van der Waals surface area contributed by atoms with E-state index < -0.39 is 12.1 Å². The summed E-state index contributed by atoms with van der Waals surface area (Å²) in [5.74, 6) is -0.463. The number of hydrogen-bond donors (Lipinski definition) is 2. The van der Waals surface area contributed by atoms with Crippen molar-refractivity contribution in [1.82, 2.24) is 0 Å². The molecule has 0 aliphatic heterocycles. The van der Waals surface area contributed by atoms with Crippen LogP contribution in [0.25, 0.3) is 0 Å². The Balaban J connectivity index is 2.26. The van der Waals surface area contributed by atoms with Crippen molar-refractivity contribution in [3.63, 3.8) is 0 Å². The quantitative estimate of drug-likeness (QED) is 0.684. The van der Waals surface area contributed by atoms with Gasteiger partial charge in [-0.25, -0.2) is 0 Å². The van der Waals surface area contributed by atoms with Crippen LogP contribution in [0, 0.1) is 5.92 Å². The zero-order valence-electron chi connectivity index (χ0n) is 8.61. The molecule has 0 saturated heterocycles. The number of rotatable bonds is 4. The van der Waals surface area contributed by atoms with E-state index in [0.717, 1.165) is 12.8 Å². The molecule has 0 spiro atoms. The Labute approximate surface area is 85.1 Å². The van der Waals surface area contributed by atoms with Gasteiger partial charge in [0.2, 0.25) is 0 Å². The third-order valence-corrected chi connectivity index (χ3v) is 3.10. The Bertz CT molecular complexity index is 171.